The van der Waals surface area contributed by atoms with E-state index in [1.54, 1.807) is 42.5 Å². The number of hydrogen-bond donors (Lipinski definition) is 3. The molecule has 0 bridgehead atoms. The molecule has 0 saturated carbocycles. The van der Waals surface area contributed by atoms with Gasteiger partial charge in [-0.15, -0.1) is 0 Å². The molecule has 1 aliphatic rings. The molecule has 1 amide bonds. The number of carbonyl (C=O) groups is 1. The summed E-state index contributed by atoms with van der Waals surface area (Å²) in [7, 11) is -3.40. The van der Waals surface area contributed by atoms with E-state index in [0.29, 0.717) is 29.0 Å². The average molecular weight is 443 g/mol. The Labute approximate surface area is 178 Å². The largest absolute Gasteiger partial charge is 0.373 e. The minimum absolute atomic E-state index is 0.231. The van der Waals surface area contributed by atoms with E-state index in [2.05, 4.69) is 15.4 Å². The van der Waals surface area contributed by atoms with Gasteiger partial charge in [0.1, 0.15) is 17.7 Å². The Morgan fingerprint density at radius 2 is 1.84 bits per heavy atom. The lowest BCUT2D eigenvalue weighted by Gasteiger charge is -2.13. The summed E-state index contributed by atoms with van der Waals surface area (Å²) in [6, 6.07) is 14.5. The Kier molecular flexibility index (Phi) is 5.36. The first-order valence-corrected chi connectivity index (χ1v) is 11.3. The fraction of sp³-hybridized carbons (Fsp3) is 0.136. The SMILES string of the molecule is CS(=O)(=O)Nc1ccc2c(c1)NC(C(=O)Nc1cccc(-c3ccc(F)cc3F)c1)C2. The molecule has 1 heterocycles. The summed E-state index contributed by atoms with van der Waals surface area (Å²) in [6.07, 6.45) is 1.50. The number of rotatable bonds is 5. The summed E-state index contributed by atoms with van der Waals surface area (Å²) >= 11 is 0. The molecular formula is C22H19F2N3O3S. The third-order valence-corrected chi connectivity index (χ3v) is 5.46. The first kappa shape index (κ1) is 20.8. The van der Waals surface area contributed by atoms with Crippen LogP contribution in [0.4, 0.5) is 25.8 Å². The van der Waals surface area contributed by atoms with Crippen LogP contribution in [0.1, 0.15) is 5.56 Å². The van der Waals surface area contributed by atoms with Crippen LogP contribution in [0.15, 0.2) is 60.7 Å². The van der Waals surface area contributed by atoms with Crippen LogP contribution in [0.25, 0.3) is 11.1 Å². The maximum absolute atomic E-state index is 14.1. The molecular weight excluding hydrogens is 424 g/mol. The Balaban J connectivity index is 1.47. The van der Waals surface area contributed by atoms with Crippen LogP contribution >= 0.6 is 0 Å². The molecule has 1 unspecified atom stereocenters. The zero-order valence-corrected chi connectivity index (χ0v) is 17.3. The van der Waals surface area contributed by atoms with Gasteiger partial charge in [-0.25, -0.2) is 17.2 Å². The Morgan fingerprint density at radius 1 is 1.03 bits per heavy atom. The summed E-state index contributed by atoms with van der Waals surface area (Å²) in [4.78, 5) is 12.7. The van der Waals surface area contributed by atoms with Crippen LogP contribution in [-0.2, 0) is 21.2 Å². The number of benzene rings is 3. The lowest BCUT2D eigenvalue weighted by atomic mass is 10.0. The summed E-state index contributed by atoms with van der Waals surface area (Å²) < 4.78 is 52.5. The number of anilines is 3. The molecule has 3 aromatic carbocycles. The van der Waals surface area contributed by atoms with Crippen LogP contribution in [0, 0.1) is 11.6 Å². The summed E-state index contributed by atoms with van der Waals surface area (Å²) in [5.41, 5.74) is 3.19. The van der Waals surface area contributed by atoms with Crippen molar-refractivity contribution in [3.8, 4) is 11.1 Å². The first-order chi connectivity index (χ1) is 14.7. The smallest absolute Gasteiger partial charge is 0.247 e. The quantitative estimate of drug-likeness (QED) is 0.557. The Bertz CT molecular complexity index is 1280. The molecule has 3 aromatic rings. The number of nitrogens with one attached hydrogen (secondary N) is 3. The van der Waals surface area contributed by atoms with E-state index in [1.807, 2.05) is 0 Å². The molecule has 0 aromatic heterocycles. The highest BCUT2D eigenvalue weighted by atomic mass is 32.2. The fourth-order valence-corrected chi connectivity index (χ4v) is 4.06. The monoisotopic (exact) mass is 443 g/mol. The third kappa shape index (κ3) is 4.83. The van der Waals surface area contributed by atoms with Crippen molar-refractivity contribution in [2.45, 2.75) is 12.5 Å². The van der Waals surface area contributed by atoms with Gasteiger partial charge in [-0.05, 0) is 47.5 Å². The van der Waals surface area contributed by atoms with Gasteiger partial charge < -0.3 is 10.6 Å². The van der Waals surface area contributed by atoms with Crippen LogP contribution < -0.4 is 15.4 Å². The maximum atomic E-state index is 14.1. The molecule has 0 radical (unpaired) electrons. The van der Waals surface area contributed by atoms with Gasteiger partial charge >= 0.3 is 0 Å². The normalized spacial score (nSPS) is 15.1. The van der Waals surface area contributed by atoms with Crippen molar-refractivity contribution in [2.24, 2.45) is 0 Å². The van der Waals surface area contributed by atoms with Gasteiger partial charge in [0.25, 0.3) is 0 Å². The van der Waals surface area contributed by atoms with E-state index in [9.17, 15) is 22.0 Å². The highest BCUT2D eigenvalue weighted by molar-refractivity contribution is 7.92. The van der Waals surface area contributed by atoms with Gasteiger partial charge in [-0.3, -0.25) is 9.52 Å². The zero-order chi connectivity index (χ0) is 22.2. The number of sulfonamides is 1. The molecule has 160 valence electrons. The van der Waals surface area contributed by atoms with Crippen LogP contribution in [-0.4, -0.2) is 26.6 Å². The highest BCUT2D eigenvalue weighted by Crippen LogP contribution is 2.30. The van der Waals surface area contributed by atoms with Crippen molar-refractivity contribution in [1.82, 2.24) is 0 Å². The van der Waals surface area contributed by atoms with Gasteiger partial charge in [-0.1, -0.05) is 18.2 Å². The zero-order valence-electron chi connectivity index (χ0n) is 16.4. The van der Waals surface area contributed by atoms with Crippen molar-refractivity contribution in [2.75, 3.05) is 21.6 Å². The molecule has 0 saturated heterocycles. The average Bonchev–Trinajstić information content (AvgIpc) is 3.10. The van der Waals surface area contributed by atoms with Gasteiger partial charge in [-0.2, -0.15) is 0 Å². The van der Waals surface area contributed by atoms with E-state index in [-0.39, 0.29) is 11.5 Å². The topological polar surface area (TPSA) is 87.3 Å². The van der Waals surface area contributed by atoms with Gasteiger partial charge in [0.2, 0.25) is 15.9 Å². The minimum Gasteiger partial charge on any atom is -0.373 e. The number of carbonyl (C=O) groups excluding carboxylic acids is 1. The second-order valence-corrected chi connectivity index (χ2v) is 9.09. The predicted molar refractivity (Wildman–Crippen MR) is 116 cm³/mol. The number of halogens is 2. The molecule has 31 heavy (non-hydrogen) atoms. The molecule has 0 spiro atoms. The van der Waals surface area contributed by atoms with Crippen LogP contribution in [0.3, 0.4) is 0 Å². The third-order valence-electron chi connectivity index (χ3n) is 4.86. The standard InChI is InChI=1S/C22H19F2N3O3S/c1-31(29,30)27-17-7-5-14-10-21(26-20(14)12-17)22(28)25-16-4-2-3-13(9-16)18-8-6-15(23)11-19(18)24/h2-9,11-12,21,26-27H,10H2,1H3,(H,25,28). The van der Waals surface area contributed by atoms with E-state index in [0.717, 1.165) is 17.9 Å². The van der Waals surface area contributed by atoms with Crippen LogP contribution in [0.5, 0.6) is 0 Å². The van der Waals surface area contributed by atoms with E-state index >= 15 is 0 Å². The number of hydrogen-bond acceptors (Lipinski definition) is 4. The molecule has 9 heteroatoms. The summed E-state index contributed by atoms with van der Waals surface area (Å²) in [6.45, 7) is 0. The molecule has 0 aliphatic carbocycles. The number of fused-ring (bicyclic) bond motifs is 1. The van der Waals surface area contributed by atoms with Crippen molar-refractivity contribution in [3.05, 3.63) is 77.9 Å². The van der Waals surface area contributed by atoms with E-state index in [4.69, 9.17) is 0 Å². The Hall–Kier alpha value is -3.46. The van der Waals surface area contributed by atoms with Gasteiger partial charge in [0, 0.05) is 29.4 Å². The minimum atomic E-state index is -3.40. The van der Waals surface area contributed by atoms with Gasteiger partial charge in [0.15, 0.2) is 0 Å². The first-order valence-electron chi connectivity index (χ1n) is 9.41. The summed E-state index contributed by atoms with van der Waals surface area (Å²) in [5, 5.41) is 5.90. The number of amides is 1. The lowest BCUT2D eigenvalue weighted by molar-refractivity contribution is -0.116. The molecule has 4 rings (SSSR count). The van der Waals surface area contributed by atoms with E-state index < -0.39 is 27.7 Å². The molecule has 1 aliphatic heterocycles. The predicted octanol–water partition coefficient (Wildman–Crippen LogP) is 3.98. The fourth-order valence-electron chi connectivity index (χ4n) is 3.50. The lowest BCUT2D eigenvalue weighted by Crippen LogP contribution is -2.32. The molecule has 1 atom stereocenters. The van der Waals surface area contributed by atoms with Crippen molar-refractivity contribution in [1.29, 1.82) is 0 Å². The van der Waals surface area contributed by atoms with E-state index in [1.165, 1.54) is 12.1 Å². The van der Waals surface area contributed by atoms with Gasteiger partial charge in [0.05, 0.1) is 11.9 Å². The second kappa shape index (κ2) is 7.99. The van der Waals surface area contributed by atoms with Crippen molar-refractivity contribution in [3.63, 3.8) is 0 Å². The Morgan fingerprint density at radius 3 is 2.58 bits per heavy atom. The molecule has 0 fully saturated rings. The second-order valence-electron chi connectivity index (χ2n) is 7.34. The summed E-state index contributed by atoms with van der Waals surface area (Å²) in [5.74, 6) is -1.63. The molecule has 6 nitrogen and oxygen atoms in total. The maximum Gasteiger partial charge on any atom is 0.247 e. The molecule has 3 N–H and O–H groups in total. The van der Waals surface area contributed by atoms with Crippen LogP contribution in [0.2, 0.25) is 0 Å². The van der Waals surface area contributed by atoms with Crippen molar-refractivity contribution >= 4 is 33.0 Å². The van der Waals surface area contributed by atoms with Crippen molar-refractivity contribution < 1.29 is 22.0 Å². The highest BCUT2D eigenvalue weighted by Gasteiger charge is 2.27.